The summed E-state index contributed by atoms with van der Waals surface area (Å²) < 4.78 is 13.3. The minimum Gasteiger partial charge on any atom is -0.371 e. The molecular formula is C14H23FN2. The van der Waals surface area contributed by atoms with Gasteiger partial charge in [-0.1, -0.05) is 13.8 Å². The van der Waals surface area contributed by atoms with Crippen LogP contribution in [0.5, 0.6) is 0 Å². The van der Waals surface area contributed by atoms with E-state index in [1.165, 1.54) is 6.07 Å². The predicted octanol–water partition coefficient (Wildman–Crippen LogP) is 3.33. The zero-order valence-corrected chi connectivity index (χ0v) is 11.2. The van der Waals surface area contributed by atoms with Crippen LogP contribution in [0.3, 0.4) is 0 Å². The third-order valence-electron chi connectivity index (χ3n) is 2.79. The molecule has 1 aromatic rings. The van der Waals surface area contributed by atoms with E-state index in [1.807, 2.05) is 13.0 Å². The van der Waals surface area contributed by atoms with E-state index in [0.29, 0.717) is 5.92 Å². The normalized spacial score (nSPS) is 12.9. The Morgan fingerprint density at radius 2 is 1.94 bits per heavy atom. The van der Waals surface area contributed by atoms with Gasteiger partial charge in [-0.25, -0.2) is 4.39 Å². The molecule has 0 fully saturated rings. The van der Waals surface area contributed by atoms with E-state index in [1.54, 1.807) is 6.07 Å². The van der Waals surface area contributed by atoms with Gasteiger partial charge in [0.1, 0.15) is 5.82 Å². The molecular weight excluding hydrogens is 215 g/mol. The van der Waals surface area contributed by atoms with Crippen molar-refractivity contribution in [3.63, 3.8) is 0 Å². The first kappa shape index (κ1) is 14.0. The minimum absolute atomic E-state index is 0.151. The Bertz CT molecular complexity index is 361. The van der Waals surface area contributed by atoms with Gasteiger partial charge in [0.15, 0.2) is 0 Å². The van der Waals surface area contributed by atoms with E-state index >= 15 is 0 Å². The Labute approximate surface area is 104 Å². The van der Waals surface area contributed by atoms with Crippen LogP contribution in [0.4, 0.5) is 10.1 Å². The Balaban J connectivity index is 3.09. The summed E-state index contributed by atoms with van der Waals surface area (Å²) in [7, 11) is 0. The van der Waals surface area contributed by atoms with Gasteiger partial charge < -0.3 is 10.6 Å². The van der Waals surface area contributed by atoms with Crippen LogP contribution in [0.25, 0.3) is 0 Å². The molecule has 1 atom stereocenters. The first-order chi connectivity index (χ1) is 7.95. The van der Waals surface area contributed by atoms with E-state index in [-0.39, 0.29) is 11.9 Å². The van der Waals surface area contributed by atoms with Gasteiger partial charge in [0.25, 0.3) is 0 Å². The number of nitrogens with two attached hydrogens (primary N) is 1. The van der Waals surface area contributed by atoms with Gasteiger partial charge >= 0.3 is 0 Å². The fraction of sp³-hybridized carbons (Fsp3) is 0.571. The molecule has 1 rings (SSSR count). The van der Waals surface area contributed by atoms with Gasteiger partial charge in [0.05, 0.1) is 0 Å². The number of rotatable bonds is 5. The molecule has 0 spiro atoms. The lowest BCUT2D eigenvalue weighted by molar-refractivity contribution is 0.606. The summed E-state index contributed by atoms with van der Waals surface area (Å²) in [5, 5.41) is 0. The zero-order chi connectivity index (χ0) is 13.0. The molecule has 0 bridgehead atoms. The number of benzene rings is 1. The van der Waals surface area contributed by atoms with Crippen LogP contribution in [0, 0.1) is 11.7 Å². The molecule has 17 heavy (non-hydrogen) atoms. The summed E-state index contributed by atoms with van der Waals surface area (Å²) in [4.78, 5) is 2.25. The molecule has 3 heteroatoms. The van der Waals surface area contributed by atoms with E-state index in [0.717, 1.165) is 24.3 Å². The SMILES string of the molecule is CCN(CC(C)C)c1ccc(F)cc1[C@H](C)N. The van der Waals surface area contributed by atoms with Crippen molar-refractivity contribution in [3.8, 4) is 0 Å². The van der Waals surface area contributed by atoms with Crippen molar-refractivity contribution < 1.29 is 4.39 Å². The monoisotopic (exact) mass is 238 g/mol. The average molecular weight is 238 g/mol. The van der Waals surface area contributed by atoms with Crippen LogP contribution >= 0.6 is 0 Å². The van der Waals surface area contributed by atoms with Crippen molar-refractivity contribution in [2.24, 2.45) is 11.7 Å². The largest absolute Gasteiger partial charge is 0.371 e. The van der Waals surface area contributed by atoms with Crippen molar-refractivity contribution in [3.05, 3.63) is 29.6 Å². The highest BCUT2D eigenvalue weighted by Gasteiger charge is 2.14. The molecule has 0 radical (unpaired) electrons. The summed E-state index contributed by atoms with van der Waals surface area (Å²) in [6.45, 7) is 10.2. The molecule has 2 nitrogen and oxygen atoms in total. The average Bonchev–Trinajstić information content (AvgIpc) is 2.25. The van der Waals surface area contributed by atoms with Crippen LogP contribution in [0.15, 0.2) is 18.2 Å². The molecule has 0 amide bonds. The van der Waals surface area contributed by atoms with Crippen molar-refractivity contribution in [1.29, 1.82) is 0 Å². The maximum Gasteiger partial charge on any atom is 0.123 e. The molecule has 0 saturated carbocycles. The van der Waals surface area contributed by atoms with Crippen molar-refractivity contribution in [1.82, 2.24) is 0 Å². The summed E-state index contributed by atoms with van der Waals surface area (Å²) in [5.41, 5.74) is 7.85. The van der Waals surface area contributed by atoms with E-state index in [2.05, 4.69) is 25.7 Å². The van der Waals surface area contributed by atoms with Gasteiger partial charge in [-0.15, -0.1) is 0 Å². The Morgan fingerprint density at radius 3 is 2.41 bits per heavy atom. The lowest BCUT2D eigenvalue weighted by atomic mass is 10.0. The van der Waals surface area contributed by atoms with E-state index in [9.17, 15) is 4.39 Å². The van der Waals surface area contributed by atoms with Gasteiger partial charge in [-0.05, 0) is 43.5 Å². The van der Waals surface area contributed by atoms with Gasteiger partial charge in [-0.3, -0.25) is 0 Å². The Hall–Kier alpha value is -1.09. The molecule has 0 aliphatic heterocycles. The second kappa shape index (κ2) is 6.01. The molecule has 96 valence electrons. The molecule has 0 saturated heterocycles. The summed E-state index contributed by atoms with van der Waals surface area (Å²) in [5.74, 6) is 0.350. The van der Waals surface area contributed by atoms with E-state index < -0.39 is 0 Å². The van der Waals surface area contributed by atoms with Gasteiger partial charge in [-0.2, -0.15) is 0 Å². The van der Waals surface area contributed by atoms with Crippen LogP contribution in [0.1, 0.15) is 39.3 Å². The topological polar surface area (TPSA) is 29.3 Å². The molecule has 2 N–H and O–H groups in total. The highest BCUT2D eigenvalue weighted by Crippen LogP contribution is 2.26. The third kappa shape index (κ3) is 3.70. The van der Waals surface area contributed by atoms with Gasteiger partial charge in [0, 0.05) is 24.8 Å². The standard InChI is InChI=1S/C14H23FN2/c1-5-17(9-10(2)3)14-7-6-12(15)8-13(14)11(4)16/h6-8,10-11H,5,9,16H2,1-4H3/t11-/m0/s1. The Kier molecular flexibility index (Phi) is 4.94. The maximum absolute atomic E-state index is 13.3. The summed E-state index contributed by atoms with van der Waals surface area (Å²) >= 11 is 0. The third-order valence-corrected chi connectivity index (χ3v) is 2.79. The number of hydrogen-bond acceptors (Lipinski definition) is 2. The zero-order valence-electron chi connectivity index (χ0n) is 11.2. The van der Waals surface area contributed by atoms with E-state index in [4.69, 9.17) is 5.73 Å². The molecule has 1 aromatic carbocycles. The molecule has 0 aliphatic rings. The Morgan fingerprint density at radius 1 is 1.29 bits per heavy atom. The summed E-state index contributed by atoms with van der Waals surface area (Å²) in [6, 6.07) is 4.73. The van der Waals surface area contributed by atoms with Crippen molar-refractivity contribution in [2.75, 3.05) is 18.0 Å². The number of nitrogens with zero attached hydrogens (tertiary/aromatic N) is 1. The van der Waals surface area contributed by atoms with Crippen LogP contribution in [0.2, 0.25) is 0 Å². The second-order valence-electron chi connectivity index (χ2n) is 4.92. The lowest BCUT2D eigenvalue weighted by Gasteiger charge is -2.28. The maximum atomic E-state index is 13.3. The van der Waals surface area contributed by atoms with Gasteiger partial charge in [0.2, 0.25) is 0 Å². The van der Waals surface area contributed by atoms with Crippen LogP contribution in [-0.4, -0.2) is 13.1 Å². The highest BCUT2D eigenvalue weighted by molar-refractivity contribution is 5.55. The fourth-order valence-corrected chi connectivity index (χ4v) is 2.02. The second-order valence-corrected chi connectivity index (χ2v) is 4.92. The van der Waals surface area contributed by atoms with Crippen LogP contribution in [-0.2, 0) is 0 Å². The van der Waals surface area contributed by atoms with Crippen LogP contribution < -0.4 is 10.6 Å². The first-order valence-corrected chi connectivity index (χ1v) is 6.25. The minimum atomic E-state index is -0.221. The summed E-state index contributed by atoms with van der Waals surface area (Å²) in [6.07, 6.45) is 0. The quantitative estimate of drug-likeness (QED) is 0.852. The number of anilines is 1. The first-order valence-electron chi connectivity index (χ1n) is 6.25. The highest BCUT2D eigenvalue weighted by atomic mass is 19.1. The smallest absolute Gasteiger partial charge is 0.123 e. The molecule has 0 aromatic heterocycles. The van der Waals surface area contributed by atoms with Crippen molar-refractivity contribution in [2.45, 2.75) is 33.7 Å². The fourth-order valence-electron chi connectivity index (χ4n) is 2.02. The number of halogens is 1. The number of hydrogen-bond donors (Lipinski definition) is 1. The molecule has 0 heterocycles. The lowest BCUT2D eigenvalue weighted by Crippen LogP contribution is -2.29. The van der Waals surface area contributed by atoms with Crippen molar-refractivity contribution >= 4 is 5.69 Å². The predicted molar refractivity (Wildman–Crippen MR) is 71.7 cm³/mol. The molecule has 0 aliphatic carbocycles. The molecule has 0 unspecified atom stereocenters.